The molecule has 3 rings (SSSR count). The largest absolute Gasteiger partial charge is 0.493 e. The molecule has 1 heterocycles. The van der Waals surface area contributed by atoms with Gasteiger partial charge in [-0.05, 0) is 53.7 Å². The second-order valence-corrected chi connectivity index (χ2v) is 7.61. The standard InChI is InChI=1S/C21H16ClN3O5S/c1-29-17-9-13(5-6-16(17)30-8-7-23)10-18-20(27)25(21(28)31-18)12-19(26)24-15-4-2-3-14(22)11-15/h2-6,9-11H,8,12H2,1H3,(H,24,26)/b18-10-. The number of hydrogen-bond donors (Lipinski definition) is 1. The van der Waals surface area contributed by atoms with Crippen LogP contribution in [0.2, 0.25) is 5.02 Å². The number of imide groups is 1. The van der Waals surface area contributed by atoms with Gasteiger partial charge in [0.05, 0.1) is 12.0 Å². The lowest BCUT2D eigenvalue weighted by atomic mass is 10.2. The summed E-state index contributed by atoms with van der Waals surface area (Å²) in [7, 11) is 1.45. The zero-order valence-corrected chi connectivity index (χ0v) is 17.8. The fourth-order valence-electron chi connectivity index (χ4n) is 2.70. The van der Waals surface area contributed by atoms with Crippen LogP contribution in [0, 0.1) is 11.3 Å². The third-order valence-corrected chi connectivity index (χ3v) is 5.20. The number of nitrogens with one attached hydrogen (secondary N) is 1. The number of nitriles is 1. The van der Waals surface area contributed by atoms with E-state index >= 15 is 0 Å². The van der Waals surface area contributed by atoms with Crippen molar-refractivity contribution in [2.24, 2.45) is 0 Å². The van der Waals surface area contributed by atoms with E-state index in [1.165, 1.54) is 13.2 Å². The third-order valence-electron chi connectivity index (χ3n) is 4.06. The van der Waals surface area contributed by atoms with Gasteiger partial charge in [0, 0.05) is 10.7 Å². The summed E-state index contributed by atoms with van der Waals surface area (Å²) in [5, 5.41) is 11.1. The van der Waals surface area contributed by atoms with Gasteiger partial charge in [-0.15, -0.1) is 0 Å². The summed E-state index contributed by atoms with van der Waals surface area (Å²) >= 11 is 6.63. The van der Waals surface area contributed by atoms with Crippen molar-refractivity contribution < 1.29 is 23.9 Å². The van der Waals surface area contributed by atoms with Crippen molar-refractivity contribution >= 4 is 52.2 Å². The lowest BCUT2D eigenvalue weighted by molar-refractivity contribution is -0.127. The minimum absolute atomic E-state index is 0.133. The lowest BCUT2D eigenvalue weighted by Gasteiger charge is -2.12. The smallest absolute Gasteiger partial charge is 0.294 e. The fourth-order valence-corrected chi connectivity index (χ4v) is 3.73. The Morgan fingerprint density at radius 2 is 2.06 bits per heavy atom. The molecule has 8 nitrogen and oxygen atoms in total. The van der Waals surface area contributed by atoms with Crippen molar-refractivity contribution in [3.05, 3.63) is 58.0 Å². The molecule has 1 N–H and O–H groups in total. The zero-order chi connectivity index (χ0) is 22.4. The Morgan fingerprint density at radius 1 is 1.26 bits per heavy atom. The molecule has 0 aromatic heterocycles. The van der Waals surface area contributed by atoms with E-state index in [4.69, 9.17) is 26.3 Å². The van der Waals surface area contributed by atoms with Gasteiger partial charge in [0.2, 0.25) is 5.91 Å². The molecular weight excluding hydrogens is 442 g/mol. The third kappa shape index (κ3) is 5.57. The number of methoxy groups -OCH3 is 1. The van der Waals surface area contributed by atoms with Crippen molar-refractivity contribution in [3.8, 4) is 17.6 Å². The fraction of sp³-hybridized carbons (Fsp3) is 0.143. The molecule has 0 atom stereocenters. The number of amides is 3. The van der Waals surface area contributed by atoms with Gasteiger partial charge in [-0.3, -0.25) is 19.3 Å². The van der Waals surface area contributed by atoms with Crippen LogP contribution in [0.15, 0.2) is 47.4 Å². The number of anilines is 1. The highest BCUT2D eigenvalue weighted by molar-refractivity contribution is 8.18. The molecule has 0 radical (unpaired) electrons. The predicted octanol–water partition coefficient (Wildman–Crippen LogP) is 3.93. The van der Waals surface area contributed by atoms with Gasteiger partial charge in [0.1, 0.15) is 12.6 Å². The molecule has 1 fully saturated rings. The SMILES string of the molecule is COc1cc(/C=C2\SC(=O)N(CC(=O)Nc3cccc(Cl)c3)C2=O)ccc1OCC#N. The second kappa shape index (κ2) is 10.0. The van der Waals surface area contributed by atoms with Gasteiger partial charge in [0.15, 0.2) is 18.1 Å². The summed E-state index contributed by atoms with van der Waals surface area (Å²) in [6.45, 7) is -0.551. The van der Waals surface area contributed by atoms with Crippen LogP contribution in [-0.2, 0) is 9.59 Å². The summed E-state index contributed by atoms with van der Waals surface area (Å²) in [5.41, 5.74) is 1.06. The number of carbonyl (C=O) groups is 3. The molecule has 0 saturated carbocycles. The molecule has 1 aliphatic heterocycles. The second-order valence-electron chi connectivity index (χ2n) is 6.18. The van der Waals surface area contributed by atoms with E-state index < -0.39 is 23.6 Å². The normalized spacial score (nSPS) is 14.5. The number of halogens is 1. The Labute approximate surface area is 187 Å². The predicted molar refractivity (Wildman–Crippen MR) is 117 cm³/mol. The van der Waals surface area contributed by atoms with Gasteiger partial charge in [-0.25, -0.2) is 0 Å². The zero-order valence-electron chi connectivity index (χ0n) is 16.3. The van der Waals surface area contributed by atoms with E-state index in [1.54, 1.807) is 42.5 Å². The first-order valence-electron chi connectivity index (χ1n) is 8.90. The van der Waals surface area contributed by atoms with E-state index in [9.17, 15) is 14.4 Å². The molecule has 0 bridgehead atoms. The van der Waals surface area contributed by atoms with Gasteiger partial charge in [-0.1, -0.05) is 23.7 Å². The number of nitrogens with zero attached hydrogens (tertiary/aromatic N) is 2. The number of hydrogen-bond acceptors (Lipinski definition) is 7. The van der Waals surface area contributed by atoms with E-state index in [0.717, 1.165) is 16.7 Å². The summed E-state index contributed by atoms with van der Waals surface area (Å²) in [6.07, 6.45) is 1.52. The Bertz CT molecular complexity index is 1110. The number of benzene rings is 2. The van der Waals surface area contributed by atoms with Crippen LogP contribution in [-0.4, -0.2) is 42.2 Å². The first-order chi connectivity index (χ1) is 14.9. The Kier molecular flexibility index (Phi) is 7.18. The molecule has 0 spiro atoms. The van der Waals surface area contributed by atoms with Crippen molar-refractivity contribution in [2.45, 2.75) is 0 Å². The van der Waals surface area contributed by atoms with E-state index in [-0.39, 0.29) is 11.5 Å². The Hall–Kier alpha value is -3.48. The van der Waals surface area contributed by atoms with Crippen molar-refractivity contribution in [1.29, 1.82) is 5.26 Å². The van der Waals surface area contributed by atoms with Crippen LogP contribution in [0.3, 0.4) is 0 Å². The minimum Gasteiger partial charge on any atom is -0.493 e. The van der Waals surface area contributed by atoms with Crippen molar-refractivity contribution in [2.75, 3.05) is 25.6 Å². The number of rotatable bonds is 7. The number of ether oxygens (including phenoxy) is 2. The average Bonchev–Trinajstić information content (AvgIpc) is 3.00. The maximum atomic E-state index is 12.6. The van der Waals surface area contributed by atoms with Crippen LogP contribution in [0.25, 0.3) is 6.08 Å². The molecule has 158 valence electrons. The van der Waals surface area contributed by atoms with Crippen molar-refractivity contribution in [1.82, 2.24) is 4.90 Å². The molecule has 0 aliphatic carbocycles. The van der Waals surface area contributed by atoms with Gasteiger partial charge < -0.3 is 14.8 Å². The molecule has 2 aromatic rings. The molecule has 3 amide bonds. The molecular formula is C21H16ClN3O5S. The highest BCUT2D eigenvalue weighted by Crippen LogP contribution is 2.34. The molecule has 0 unspecified atom stereocenters. The van der Waals surface area contributed by atoms with E-state index in [1.807, 2.05) is 6.07 Å². The van der Waals surface area contributed by atoms with Crippen LogP contribution in [0.5, 0.6) is 11.5 Å². The maximum Gasteiger partial charge on any atom is 0.294 e. The summed E-state index contributed by atoms with van der Waals surface area (Å²) in [5.74, 6) is -0.331. The monoisotopic (exact) mass is 457 g/mol. The quantitative estimate of drug-likeness (QED) is 0.627. The van der Waals surface area contributed by atoms with E-state index in [2.05, 4.69) is 5.32 Å². The molecule has 1 aliphatic rings. The van der Waals surface area contributed by atoms with Crippen molar-refractivity contribution in [3.63, 3.8) is 0 Å². The van der Waals surface area contributed by atoms with Crippen LogP contribution < -0.4 is 14.8 Å². The van der Waals surface area contributed by atoms with Gasteiger partial charge >= 0.3 is 0 Å². The lowest BCUT2D eigenvalue weighted by Crippen LogP contribution is -2.36. The highest BCUT2D eigenvalue weighted by Gasteiger charge is 2.36. The first-order valence-corrected chi connectivity index (χ1v) is 10.1. The Balaban J connectivity index is 1.71. The summed E-state index contributed by atoms with van der Waals surface area (Å²) in [4.78, 5) is 38.2. The number of thioether (sulfide) groups is 1. The maximum absolute atomic E-state index is 12.6. The van der Waals surface area contributed by atoms with Crippen LogP contribution in [0.1, 0.15) is 5.56 Å². The first kappa shape index (κ1) is 22.2. The topological polar surface area (TPSA) is 109 Å². The summed E-state index contributed by atoms with van der Waals surface area (Å²) in [6, 6.07) is 13.3. The summed E-state index contributed by atoms with van der Waals surface area (Å²) < 4.78 is 10.5. The van der Waals surface area contributed by atoms with Gasteiger partial charge in [0.25, 0.3) is 11.1 Å². The van der Waals surface area contributed by atoms with Gasteiger partial charge in [-0.2, -0.15) is 5.26 Å². The van der Waals surface area contributed by atoms with Crippen LogP contribution in [0.4, 0.5) is 10.5 Å². The minimum atomic E-state index is -0.569. The molecule has 2 aromatic carbocycles. The van der Waals surface area contributed by atoms with E-state index in [0.29, 0.717) is 27.8 Å². The molecule has 31 heavy (non-hydrogen) atoms. The molecule has 1 saturated heterocycles. The van der Waals surface area contributed by atoms with Crippen LogP contribution >= 0.6 is 23.4 Å². The highest BCUT2D eigenvalue weighted by atomic mass is 35.5. The Morgan fingerprint density at radius 3 is 2.77 bits per heavy atom. The number of carbonyl (C=O) groups excluding carboxylic acids is 3. The average molecular weight is 458 g/mol. The molecule has 10 heteroatoms.